The summed E-state index contributed by atoms with van der Waals surface area (Å²) in [6.45, 7) is 1.94. The van der Waals surface area contributed by atoms with Crippen LogP contribution in [0, 0.1) is 11.8 Å². The number of aliphatic carboxylic acids is 1. The summed E-state index contributed by atoms with van der Waals surface area (Å²) in [6.07, 6.45) is 1.84. The summed E-state index contributed by atoms with van der Waals surface area (Å²) in [5, 5.41) is 17.4. The first kappa shape index (κ1) is 17.0. The number of carbonyl (C=O) groups excluding carboxylic acids is 1. The lowest BCUT2D eigenvalue weighted by Crippen LogP contribution is -2.88. The molecule has 3 rings (SSSR count). The maximum atomic E-state index is 10.9. The molecule has 128 valence electrons. The van der Waals surface area contributed by atoms with Crippen LogP contribution in [-0.2, 0) is 17.0 Å². The minimum atomic E-state index is -0.952. The third-order valence-corrected chi connectivity index (χ3v) is 5.54. The lowest BCUT2D eigenvalue weighted by atomic mass is 9.81. The van der Waals surface area contributed by atoms with Gasteiger partial charge in [0.1, 0.15) is 5.76 Å². The maximum absolute atomic E-state index is 10.9. The molecule has 1 aliphatic rings. The summed E-state index contributed by atoms with van der Waals surface area (Å²) < 4.78 is 5.43. The van der Waals surface area contributed by atoms with Crippen molar-refractivity contribution in [3.8, 4) is 0 Å². The molecule has 1 fully saturated rings. The van der Waals surface area contributed by atoms with Crippen LogP contribution >= 0.6 is 11.8 Å². The molecule has 6 heteroatoms. The van der Waals surface area contributed by atoms with Crippen molar-refractivity contribution in [2.75, 3.05) is 13.1 Å². The molecule has 1 aliphatic heterocycles. The summed E-state index contributed by atoms with van der Waals surface area (Å²) in [4.78, 5) is 12.1. The Hall–Kier alpha value is -1.79. The van der Waals surface area contributed by atoms with Crippen LogP contribution in [0.1, 0.15) is 24.3 Å². The molecule has 0 aliphatic carbocycles. The third-order valence-electron chi connectivity index (χ3n) is 4.51. The van der Waals surface area contributed by atoms with Crippen molar-refractivity contribution in [1.82, 2.24) is 5.16 Å². The molecule has 0 spiro atoms. The van der Waals surface area contributed by atoms with E-state index in [4.69, 9.17) is 4.52 Å². The van der Waals surface area contributed by atoms with Gasteiger partial charge in [-0.3, -0.25) is 0 Å². The van der Waals surface area contributed by atoms with Gasteiger partial charge in [0.05, 0.1) is 24.5 Å². The SMILES string of the molecule is O=C([O-])C[C@@H]1CC[NH2+]C[C@@H]1Cc1cc(CSc2ccccc2)on1. The zero-order chi connectivity index (χ0) is 16.8. The number of hydrogen-bond donors (Lipinski definition) is 1. The van der Waals surface area contributed by atoms with Crippen molar-refractivity contribution in [3.05, 3.63) is 47.9 Å². The second kappa shape index (κ2) is 8.35. The second-order valence-corrected chi connectivity index (χ2v) is 7.34. The highest BCUT2D eigenvalue weighted by Crippen LogP contribution is 2.26. The Morgan fingerprint density at radius 2 is 2.17 bits per heavy atom. The number of quaternary nitrogens is 1. The van der Waals surface area contributed by atoms with E-state index >= 15 is 0 Å². The molecule has 0 saturated carbocycles. The predicted molar refractivity (Wildman–Crippen MR) is 89.1 cm³/mol. The zero-order valence-corrected chi connectivity index (χ0v) is 14.3. The lowest BCUT2D eigenvalue weighted by Gasteiger charge is -2.29. The summed E-state index contributed by atoms with van der Waals surface area (Å²) in [5.74, 6) is 1.15. The molecule has 2 aromatic rings. The number of benzene rings is 1. The van der Waals surface area contributed by atoms with Crippen molar-refractivity contribution in [3.63, 3.8) is 0 Å². The average molecular weight is 346 g/mol. The summed E-state index contributed by atoms with van der Waals surface area (Å²) >= 11 is 1.72. The number of hydrogen-bond acceptors (Lipinski definition) is 5. The third kappa shape index (κ3) is 4.85. The Kier molecular flexibility index (Phi) is 5.93. The van der Waals surface area contributed by atoms with Gasteiger partial charge < -0.3 is 19.7 Å². The van der Waals surface area contributed by atoms with Crippen molar-refractivity contribution in [1.29, 1.82) is 0 Å². The molecule has 0 bridgehead atoms. The van der Waals surface area contributed by atoms with E-state index in [9.17, 15) is 9.90 Å². The van der Waals surface area contributed by atoms with E-state index in [0.717, 1.165) is 43.1 Å². The summed E-state index contributed by atoms with van der Waals surface area (Å²) in [6, 6.07) is 12.2. The fourth-order valence-corrected chi connectivity index (χ4v) is 4.08. The van der Waals surface area contributed by atoms with Crippen LogP contribution in [0.5, 0.6) is 0 Å². The Labute approximate surface area is 145 Å². The summed E-state index contributed by atoms with van der Waals surface area (Å²) in [5.41, 5.74) is 0.919. The van der Waals surface area contributed by atoms with Gasteiger partial charge in [0, 0.05) is 35.7 Å². The molecular weight excluding hydrogens is 324 g/mol. The molecule has 24 heavy (non-hydrogen) atoms. The van der Waals surface area contributed by atoms with Gasteiger partial charge in [-0.05, 0) is 24.5 Å². The molecule has 5 nitrogen and oxygen atoms in total. The van der Waals surface area contributed by atoms with Crippen LogP contribution in [0.25, 0.3) is 0 Å². The van der Waals surface area contributed by atoms with Crippen molar-refractivity contribution in [2.45, 2.75) is 29.9 Å². The number of nitrogens with zero attached hydrogens (tertiary/aromatic N) is 1. The largest absolute Gasteiger partial charge is 0.550 e. The average Bonchev–Trinajstić information content (AvgIpc) is 3.03. The van der Waals surface area contributed by atoms with E-state index in [2.05, 4.69) is 22.6 Å². The van der Waals surface area contributed by atoms with Gasteiger partial charge in [-0.1, -0.05) is 23.4 Å². The minimum Gasteiger partial charge on any atom is -0.550 e. The maximum Gasteiger partial charge on any atom is 0.147 e. The number of carboxylic acid groups (broad SMARTS) is 1. The van der Waals surface area contributed by atoms with Gasteiger partial charge in [-0.2, -0.15) is 0 Å². The fourth-order valence-electron chi connectivity index (χ4n) is 3.28. The number of carboxylic acids is 1. The topological polar surface area (TPSA) is 82.8 Å². The Morgan fingerprint density at radius 3 is 2.96 bits per heavy atom. The van der Waals surface area contributed by atoms with Gasteiger partial charge in [-0.15, -0.1) is 11.8 Å². The van der Waals surface area contributed by atoms with E-state index in [1.165, 1.54) is 4.90 Å². The number of thioether (sulfide) groups is 1. The Bertz CT molecular complexity index is 659. The Morgan fingerprint density at radius 1 is 1.33 bits per heavy atom. The molecule has 1 aromatic carbocycles. The van der Waals surface area contributed by atoms with Crippen LogP contribution < -0.4 is 10.4 Å². The van der Waals surface area contributed by atoms with Gasteiger partial charge in [0.2, 0.25) is 0 Å². The standard InChI is InChI=1S/C18H22N2O3S/c21-18(22)9-13-6-7-19-11-14(13)8-15-10-16(23-20-15)12-24-17-4-2-1-3-5-17/h1-5,10,13-14,19H,6-9,11-12H2,(H,21,22)/t13-,14-/m0/s1. The lowest BCUT2D eigenvalue weighted by molar-refractivity contribution is -0.672. The number of rotatable bonds is 7. The molecule has 1 aromatic heterocycles. The van der Waals surface area contributed by atoms with Crippen LogP contribution in [0.3, 0.4) is 0 Å². The minimum absolute atomic E-state index is 0.146. The van der Waals surface area contributed by atoms with E-state index in [0.29, 0.717) is 5.92 Å². The number of nitrogens with two attached hydrogens (primary N) is 1. The highest BCUT2D eigenvalue weighted by atomic mass is 32.2. The zero-order valence-electron chi connectivity index (χ0n) is 13.5. The normalized spacial score (nSPS) is 20.8. The van der Waals surface area contributed by atoms with Crippen LogP contribution in [0.15, 0.2) is 45.8 Å². The molecule has 2 heterocycles. The monoisotopic (exact) mass is 346 g/mol. The van der Waals surface area contributed by atoms with E-state index in [-0.39, 0.29) is 12.3 Å². The van der Waals surface area contributed by atoms with Gasteiger partial charge in [0.15, 0.2) is 0 Å². The van der Waals surface area contributed by atoms with Crippen LogP contribution in [0.2, 0.25) is 0 Å². The quantitative estimate of drug-likeness (QED) is 0.752. The first-order valence-corrected chi connectivity index (χ1v) is 9.33. The summed E-state index contributed by atoms with van der Waals surface area (Å²) in [7, 11) is 0. The van der Waals surface area contributed by atoms with Crippen molar-refractivity contribution < 1.29 is 19.7 Å². The smallest absolute Gasteiger partial charge is 0.147 e. The van der Waals surface area contributed by atoms with E-state index in [1.807, 2.05) is 24.3 Å². The molecule has 0 radical (unpaired) electrons. The first-order valence-electron chi connectivity index (χ1n) is 8.34. The van der Waals surface area contributed by atoms with Gasteiger partial charge in [0.25, 0.3) is 0 Å². The highest BCUT2D eigenvalue weighted by Gasteiger charge is 2.28. The van der Waals surface area contributed by atoms with Gasteiger partial charge in [-0.25, -0.2) is 0 Å². The molecule has 1 saturated heterocycles. The molecule has 2 N–H and O–H groups in total. The van der Waals surface area contributed by atoms with Crippen molar-refractivity contribution >= 4 is 17.7 Å². The molecular formula is C18H22N2O3S. The first-order chi connectivity index (χ1) is 11.7. The van der Waals surface area contributed by atoms with E-state index in [1.54, 1.807) is 11.8 Å². The van der Waals surface area contributed by atoms with Crippen LogP contribution in [0.4, 0.5) is 0 Å². The number of piperidine rings is 1. The molecule has 0 unspecified atom stereocenters. The highest BCUT2D eigenvalue weighted by molar-refractivity contribution is 7.98. The Balaban J connectivity index is 1.55. The number of carbonyl (C=O) groups is 1. The van der Waals surface area contributed by atoms with Crippen LogP contribution in [-0.4, -0.2) is 24.2 Å². The van der Waals surface area contributed by atoms with E-state index < -0.39 is 5.97 Å². The molecule has 0 amide bonds. The number of aromatic nitrogens is 1. The predicted octanol–water partition coefficient (Wildman–Crippen LogP) is 0.849. The van der Waals surface area contributed by atoms with Gasteiger partial charge >= 0.3 is 0 Å². The van der Waals surface area contributed by atoms with Crippen molar-refractivity contribution in [2.24, 2.45) is 11.8 Å². The fraction of sp³-hybridized carbons (Fsp3) is 0.444. The second-order valence-electron chi connectivity index (χ2n) is 6.29. The molecule has 2 atom stereocenters.